The van der Waals surface area contributed by atoms with Crippen LogP contribution in [0.25, 0.3) is 16.9 Å². The van der Waals surface area contributed by atoms with E-state index in [2.05, 4.69) is 14.5 Å². The van der Waals surface area contributed by atoms with Crippen LogP contribution in [0.15, 0.2) is 44.5 Å². The molecule has 144 valence electrons. The topological polar surface area (TPSA) is 120 Å². The number of aromatic nitrogens is 2. The first-order valence-corrected chi connectivity index (χ1v) is 10.1. The minimum atomic E-state index is -3.56. The summed E-state index contributed by atoms with van der Waals surface area (Å²) < 4.78 is 28.9. The van der Waals surface area contributed by atoms with Gasteiger partial charge in [0, 0.05) is 12.1 Å². The number of sulfonamides is 1. The Morgan fingerprint density at radius 2 is 1.96 bits per heavy atom. The number of aliphatic imine (C=N–C) groups is 1. The number of nitrogens with one attached hydrogen (secondary N) is 1. The average molecular weight is 397 g/mol. The van der Waals surface area contributed by atoms with E-state index in [4.69, 9.17) is 5.26 Å². The number of hydrogen-bond acceptors (Lipinski definition) is 5. The molecule has 0 bridgehead atoms. The fraction of sp³-hybridized carbons (Fsp3) is 0.263. The molecule has 1 aliphatic rings. The lowest BCUT2D eigenvalue weighted by atomic mass is 10.1. The van der Waals surface area contributed by atoms with Crippen molar-refractivity contribution >= 4 is 27.8 Å². The number of aromatic amines is 1. The first-order valence-electron chi connectivity index (χ1n) is 8.62. The van der Waals surface area contributed by atoms with Gasteiger partial charge in [0.05, 0.1) is 34.4 Å². The Morgan fingerprint density at radius 3 is 2.50 bits per heavy atom. The molecule has 0 aliphatic carbocycles. The molecule has 0 spiro atoms. The number of nitrogens with zero attached hydrogens (tertiary/aromatic N) is 4. The molecular weight excluding hydrogens is 378 g/mol. The number of aryl methyl sites for hydroxylation is 1. The fourth-order valence-corrected chi connectivity index (χ4v) is 3.34. The number of hydrogen-bond donors (Lipinski definition) is 1. The van der Waals surface area contributed by atoms with Gasteiger partial charge >= 0.3 is 0 Å². The molecule has 0 amide bonds. The lowest BCUT2D eigenvalue weighted by Crippen LogP contribution is -2.20. The van der Waals surface area contributed by atoms with Crippen molar-refractivity contribution in [3.05, 3.63) is 52.0 Å². The van der Waals surface area contributed by atoms with Gasteiger partial charge in [-0.25, -0.2) is 18.1 Å². The van der Waals surface area contributed by atoms with Gasteiger partial charge in [-0.1, -0.05) is 12.1 Å². The third kappa shape index (κ3) is 3.73. The van der Waals surface area contributed by atoms with Gasteiger partial charge in [0.25, 0.3) is 15.6 Å². The number of nitriles is 1. The Hall–Kier alpha value is -3.25. The highest BCUT2D eigenvalue weighted by molar-refractivity contribution is 7.90. The second-order valence-electron chi connectivity index (χ2n) is 6.61. The van der Waals surface area contributed by atoms with Gasteiger partial charge in [-0.05, 0) is 44.5 Å². The third-order valence-corrected chi connectivity index (χ3v) is 5.96. The highest BCUT2D eigenvalue weighted by Crippen LogP contribution is 2.21. The fourth-order valence-electron chi connectivity index (χ4n) is 2.68. The molecule has 1 aromatic heterocycles. The second kappa shape index (κ2) is 7.40. The van der Waals surface area contributed by atoms with Crippen LogP contribution in [0, 0.1) is 18.3 Å². The summed E-state index contributed by atoms with van der Waals surface area (Å²) >= 11 is 0. The summed E-state index contributed by atoms with van der Waals surface area (Å²) in [6.45, 7) is 4.90. The summed E-state index contributed by atoms with van der Waals surface area (Å²) in [5.74, 6) is 0.369. The Kier molecular flexibility index (Phi) is 5.16. The van der Waals surface area contributed by atoms with Gasteiger partial charge in [-0.15, -0.1) is 0 Å². The third-order valence-electron chi connectivity index (χ3n) is 4.28. The van der Waals surface area contributed by atoms with Crippen molar-refractivity contribution in [2.75, 3.05) is 0 Å². The minimum Gasteiger partial charge on any atom is -0.293 e. The van der Waals surface area contributed by atoms with Gasteiger partial charge in [0.15, 0.2) is 5.82 Å². The van der Waals surface area contributed by atoms with Crippen LogP contribution in [0.4, 0.5) is 0 Å². The average Bonchev–Trinajstić information content (AvgIpc) is 2.96. The molecule has 2 aromatic rings. The lowest BCUT2D eigenvalue weighted by molar-refractivity contribution is 0.589. The molecule has 1 N–H and O–H groups in total. The molecule has 0 radical (unpaired) electrons. The molecule has 2 heterocycles. The maximum Gasteiger partial charge on any atom is 0.280 e. The van der Waals surface area contributed by atoms with Crippen LogP contribution in [0.2, 0.25) is 0 Å². The van der Waals surface area contributed by atoms with Crippen molar-refractivity contribution in [1.29, 1.82) is 5.26 Å². The van der Waals surface area contributed by atoms with E-state index in [1.165, 1.54) is 10.9 Å². The smallest absolute Gasteiger partial charge is 0.280 e. The molecule has 3 rings (SSSR count). The molecule has 28 heavy (non-hydrogen) atoms. The van der Waals surface area contributed by atoms with E-state index in [0.29, 0.717) is 33.9 Å². The van der Waals surface area contributed by atoms with E-state index in [1.807, 2.05) is 6.07 Å². The summed E-state index contributed by atoms with van der Waals surface area (Å²) in [6, 6.07) is 8.80. The van der Waals surface area contributed by atoms with Gasteiger partial charge in [0.2, 0.25) is 0 Å². The molecule has 1 aliphatic heterocycles. The lowest BCUT2D eigenvalue weighted by Gasteiger charge is -2.09. The zero-order valence-electron chi connectivity index (χ0n) is 15.7. The first-order chi connectivity index (χ1) is 13.2. The molecule has 0 saturated carbocycles. The van der Waals surface area contributed by atoms with E-state index in [-0.39, 0.29) is 12.0 Å². The van der Waals surface area contributed by atoms with E-state index >= 15 is 0 Å². The summed E-state index contributed by atoms with van der Waals surface area (Å²) in [6.07, 6.45) is 3.26. The van der Waals surface area contributed by atoms with E-state index < -0.39 is 15.3 Å². The second-order valence-corrected chi connectivity index (χ2v) is 8.77. The van der Waals surface area contributed by atoms with E-state index in [0.717, 1.165) is 0 Å². The van der Waals surface area contributed by atoms with Gasteiger partial charge in [-0.3, -0.25) is 9.89 Å². The predicted octanol–water partition coefficient (Wildman–Crippen LogP) is 2.48. The monoisotopic (exact) mass is 397 g/mol. The number of rotatable bonds is 4. The van der Waals surface area contributed by atoms with Crippen LogP contribution in [0.1, 0.15) is 31.5 Å². The van der Waals surface area contributed by atoms with Crippen LogP contribution < -0.4 is 5.56 Å². The molecule has 1 aromatic carbocycles. The van der Waals surface area contributed by atoms with Gasteiger partial charge in [-0.2, -0.15) is 9.66 Å². The number of H-pyrrole nitrogens is 1. The Morgan fingerprint density at radius 1 is 1.29 bits per heavy atom. The quantitative estimate of drug-likeness (QED) is 0.852. The standard InChI is InChI=1S/C19H19N5O3S/c1-12(2)28(26,27)23-16-8-9-17(21-11-16)24-19(25)18(13(3)22-24)15-6-4-14(10-20)5-7-15/h4-7,9,11-12,22H,8H2,1-3H3. The highest BCUT2D eigenvalue weighted by atomic mass is 32.2. The Labute approximate surface area is 162 Å². The molecule has 0 saturated heterocycles. The van der Waals surface area contributed by atoms with Crippen molar-refractivity contribution in [2.24, 2.45) is 9.39 Å². The largest absolute Gasteiger partial charge is 0.293 e. The summed E-state index contributed by atoms with van der Waals surface area (Å²) in [5, 5.41) is 11.3. The van der Waals surface area contributed by atoms with Crippen molar-refractivity contribution in [3.63, 3.8) is 0 Å². The SMILES string of the molecule is Cc1[nH]n(C2=CCC(=NS(=O)(=O)C(C)C)C=N2)c(=O)c1-c1ccc(C#N)cc1. The molecule has 9 heteroatoms. The van der Waals surface area contributed by atoms with Gasteiger partial charge < -0.3 is 0 Å². The molecule has 8 nitrogen and oxygen atoms in total. The number of allylic oxidation sites excluding steroid dienone is 1. The van der Waals surface area contributed by atoms with Gasteiger partial charge in [0.1, 0.15) is 0 Å². The van der Waals surface area contributed by atoms with Crippen LogP contribution in [0.3, 0.4) is 0 Å². The summed E-state index contributed by atoms with van der Waals surface area (Å²) in [5.41, 5.74) is 2.40. The van der Waals surface area contributed by atoms with Crippen molar-refractivity contribution in [2.45, 2.75) is 32.4 Å². The molecule has 0 unspecified atom stereocenters. The van der Waals surface area contributed by atoms with E-state index in [9.17, 15) is 13.2 Å². The maximum atomic E-state index is 12.9. The molecule has 0 atom stereocenters. The zero-order valence-corrected chi connectivity index (χ0v) is 16.5. The summed E-state index contributed by atoms with van der Waals surface area (Å²) in [7, 11) is -3.56. The maximum absolute atomic E-state index is 12.9. The van der Waals surface area contributed by atoms with Crippen LogP contribution in [-0.4, -0.2) is 35.4 Å². The number of benzene rings is 1. The van der Waals surface area contributed by atoms with E-state index in [1.54, 1.807) is 51.1 Å². The zero-order chi connectivity index (χ0) is 20.5. The van der Waals surface area contributed by atoms with Crippen LogP contribution in [0.5, 0.6) is 0 Å². The summed E-state index contributed by atoms with van der Waals surface area (Å²) in [4.78, 5) is 17.1. The van der Waals surface area contributed by atoms with Crippen LogP contribution >= 0.6 is 0 Å². The van der Waals surface area contributed by atoms with Crippen molar-refractivity contribution in [1.82, 2.24) is 9.78 Å². The van der Waals surface area contributed by atoms with Crippen molar-refractivity contribution < 1.29 is 8.42 Å². The minimum absolute atomic E-state index is 0.251. The van der Waals surface area contributed by atoms with Crippen molar-refractivity contribution in [3.8, 4) is 17.2 Å². The Balaban J connectivity index is 1.93. The molecule has 0 fully saturated rings. The highest BCUT2D eigenvalue weighted by Gasteiger charge is 2.19. The normalized spacial score (nSPS) is 15.7. The molecular formula is C19H19N5O3S. The Bertz CT molecular complexity index is 1200. The van der Waals surface area contributed by atoms with Crippen LogP contribution in [-0.2, 0) is 10.0 Å². The predicted molar refractivity (Wildman–Crippen MR) is 109 cm³/mol. The first kappa shape index (κ1) is 19.5.